The molecular weight excluding hydrogens is 192 g/mol. The fourth-order valence-electron chi connectivity index (χ4n) is 2.30. The number of ether oxygens (including phenoxy) is 2. The fraction of sp³-hybridized carbons (Fsp3) is 1.00. The Morgan fingerprint density at radius 2 is 2.07 bits per heavy atom. The Kier molecular flexibility index (Phi) is 4.56. The van der Waals surface area contributed by atoms with E-state index in [2.05, 4.69) is 20.8 Å². The summed E-state index contributed by atoms with van der Waals surface area (Å²) in [7, 11) is 1.76. The number of aliphatic hydroxyl groups is 1. The number of aliphatic hydroxyl groups excluding tert-OH is 1. The van der Waals surface area contributed by atoms with Gasteiger partial charge in [-0.15, -0.1) is 0 Å². The summed E-state index contributed by atoms with van der Waals surface area (Å²) in [5, 5.41) is 8.90. The first-order chi connectivity index (χ1) is 7.05. The van der Waals surface area contributed by atoms with Crippen molar-refractivity contribution in [2.45, 2.75) is 58.3 Å². The van der Waals surface area contributed by atoms with Gasteiger partial charge in [0.05, 0.1) is 18.8 Å². The van der Waals surface area contributed by atoms with Crippen LogP contribution in [0.15, 0.2) is 0 Å². The van der Waals surface area contributed by atoms with Gasteiger partial charge in [0.1, 0.15) is 6.10 Å². The Morgan fingerprint density at radius 1 is 1.40 bits per heavy atom. The molecule has 0 aromatic rings. The Labute approximate surface area is 92.8 Å². The minimum atomic E-state index is 0.0556. The van der Waals surface area contributed by atoms with Crippen molar-refractivity contribution in [3.63, 3.8) is 0 Å². The van der Waals surface area contributed by atoms with E-state index in [4.69, 9.17) is 14.6 Å². The zero-order valence-electron chi connectivity index (χ0n) is 10.3. The summed E-state index contributed by atoms with van der Waals surface area (Å²) >= 11 is 0. The van der Waals surface area contributed by atoms with Gasteiger partial charge in [0.15, 0.2) is 0 Å². The van der Waals surface area contributed by atoms with E-state index in [1.807, 2.05) is 0 Å². The highest BCUT2D eigenvalue weighted by atomic mass is 16.6. The molecule has 1 heterocycles. The average Bonchev–Trinajstić information content (AvgIpc) is 2.92. The largest absolute Gasteiger partial charge is 0.394 e. The summed E-state index contributed by atoms with van der Waals surface area (Å²) in [6.07, 6.45) is 3.70. The van der Waals surface area contributed by atoms with Gasteiger partial charge in [-0.2, -0.15) is 0 Å². The molecule has 1 rings (SSSR count). The molecule has 15 heavy (non-hydrogen) atoms. The molecule has 0 spiro atoms. The summed E-state index contributed by atoms with van der Waals surface area (Å²) < 4.78 is 10.9. The van der Waals surface area contributed by atoms with Crippen LogP contribution >= 0.6 is 0 Å². The van der Waals surface area contributed by atoms with Gasteiger partial charge in [-0.3, -0.25) is 0 Å². The van der Waals surface area contributed by atoms with Crippen LogP contribution < -0.4 is 0 Å². The van der Waals surface area contributed by atoms with Crippen molar-refractivity contribution in [3.05, 3.63) is 0 Å². The van der Waals surface area contributed by atoms with E-state index in [1.165, 1.54) is 6.42 Å². The molecule has 3 nitrogen and oxygen atoms in total. The van der Waals surface area contributed by atoms with Gasteiger partial charge in [0.25, 0.3) is 0 Å². The van der Waals surface area contributed by atoms with Crippen LogP contribution in [-0.4, -0.2) is 37.1 Å². The first kappa shape index (κ1) is 12.9. The minimum Gasteiger partial charge on any atom is -0.394 e. The summed E-state index contributed by atoms with van der Waals surface area (Å²) in [4.78, 5) is 0. The van der Waals surface area contributed by atoms with Gasteiger partial charge in [-0.05, 0) is 11.8 Å². The van der Waals surface area contributed by atoms with E-state index in [-0.39, 0.29) is 30.3 Å². The van der Waals surface area contributed by atoms with E-state index in [9.17, 15) is 0 Å². The standard InChI is InChI=1S/C12H24O3/c1-5-6-12(2,3)11(14-4)7-9-10(8-13)15-9/h9-11,13H,5-8H2,1-4H3. The molecule has 0 aromatic heterocycles. The van der Waals surface area contributed by atoms with Crippen molar-refractivity contribution in [1.29, 1.82) is 0 Å². The number of hydrogen-bond donors (Lipinski definition) is 1. The maximum atomic E-state index is 8.90. The van der Waals surface area contributed by atoms with E-state index in [1.54, 1.807) is 7.11 Å². The number of hydrogen-bond acceptors (Lipinski definition) is 3. The van der Waals surface area contributed by atoms with Crippen molar-refractivity contribution in [2.75, 3.05) is 13.7 Å². The Balaban J connectivity index is 2.41. The van der Waals surface area contributed by atoms with E-state index in [0.29, 0.717) is 0 Å². The van der Waals surface area contributed by atoms with Crippen molar-refractivity contribution >= 4 is 0 Å². The minimum absolute atomic E-state index is 0.0556. The van der Waals surface area contributed by atoms with E-state index >= 15 is 0 Å². The zero-order chi connectivity index (χ0) is 11.5. The molecule has 1 aliphatic heterocycles. The predicted octanol–water partition coefficient (Wildman–Crippen LogP) is 1.98. The lowest BCUT2D eigenvalue weighted by Crippen LogP contribution is -2.32. The number of rotatable bonds is 7. The third-order valence-corrected chi connectivity index (χ3v) is 3.36. The topological polar surface area (TPSA) is 42.0 Å². The van der Waals surface area contributed by atoms with Gasteiger partial charge in [0, 0.05) is 13.5 Å². The normalized spacial score (nSPS) is 27.8. The van der Waals surface area contributed by atoms with Crippen LogP contribution in [0.25, 0.3) is 0 Å². The van der Waals surface area contributed by atoms with Gasteiger partial charge in [-0.25, -0.2) is 0 Å². The number of methoxy groups -OCH3 is 1. The third kappa shape index (κ3) is 3.44. The maximum absolute atomic E-state index is 8.90. The summed E-state index contributed by atoms with van der Waals surface area (Å²) in [5.41, 5.74) is 0.190. The lowest BCUT2D eigenvalue weighted by atomic mass is 9.80. The second-order valence-electron chi connectivity index (χ2n) is 5.09. The summed E-state index contributed by atoms with van der Waals surface area (Å²) in [6, 6.07) is 0. The summed E-state index contributed by atoms with van der Waals surface area (Å²) in [6.45, 7) is 6.80. The van der Waals surface area contributed by atoms with Crippen molar-refractivity contribution in [3.8, 4) is 0 Å². The maximum Gasteiger partial charge on any atom is 0.107 e. The lowest BCUT2D eigenvalue weighted by Gasteiger charge is -2.33. The molecule has 1 N–H and O–H groups in total. The molecule has 3 heteroatoms. The second kappa shape index (κ2) is 5.28. The molecule has 1 saturated heterocycles. The van der Waals surface area contributed by atoms with Crippen LogP contribution in [0.2, 0.25) is 0 Å². The Bertz CT molecular complexity index is 191. The molecule has 3 atom stereocenters. The SMILES string of the molecule is CCCC(C)(C)C(CC1OC1CO)OC. The number of epoxide rings is 1. The van der Waals surface area contributed by atoms with Crippen molar-refractivity contribution in [2.24, 2.45) is 5.41 Å². The second-order valence-corrected chi connectivity index (χ2v) is 5.09. The van der Waals surface area contributed by atoms with Gasteiger partial charge >= 0.3 is 0 Å². The quantitative estimate of drug-likeness (QED) is 0.662. The monoisotopic (exact) mass is 216 g/mol. The average molecular weight is 216 g/mol. The van der Waals surface area contributed by atoms with Gasteiger partial charge in [-0.1, -0.05) is 27.2 Å². The molecule has 0 amide bonds. The summed E-state index contributed by atoms with van der Waals surface area (Å²) in [5.74, 6) is 0. The van der Waals surface area contributed by atoms with Gasteiger partial charge < -0.3 is 14.6 Å². The Morgan fingerprint density at radius 3 is 2.47 bits per heavy atom. The molecule has 0 radical (unpaired) electrons. The van der Waals surface area contributed by atoms with Crippen LogP contribution in [0.4, 0.5) is 0 Å². The molecule has 3 unspecified atom stereocenters. The molecule has 0 saturated carbocycles. The molecule has 1 fully saturated rings. The van der Waals surface area contributed by atoms with Crippen LogP contribution in [0, 0.1) is 5.41 Å². The molecule has 0 bridgehead atoms. The van der Waals surface area contributed by atoms with E-state index < -0.39 is 0 Å². The van der Waals surface area contributed by atoms with Crippen LogP contribution in [0.3, 0.4) is 0 Å². The fourth-order valence-corrected chi connectivity index (χ4v) is 2.30. The zero-order valence-corrected chi connectivity index (χ0v) is 10.3. The van der Waals surface area contributed by atoms with Crippen LogP contribution in [-0.2, 0) is 9.47 Å². The van der Waals surface area contributed by atoms with Crippen molar-refractivity contribution in [1.82, 2.24) is 0 Å². The molecule has 1 aliphatic rings. The van der Waals surface area contributed by atoms with E-state index in [0.717, 1.165) is 12.8 Å². The molecule has 90 valence electrons. The smallest absolute Gasteiger partial charge is 0.107 e. The highest BCUT2D eigenvalue weighted by Crippen LogP contribution is 2.36. The van der Waals surface area contributed by atoms with Crippen LogP contribution in [0.1, 0.15) is 40.0 Å². The van der Waals surface area contributed by atoms with Crippen molar-refractivity contribution < 1.29 is 14.6 Å². The first-order valence-electron chi connectivity index (χ1n) is 5.84. The third-order valence-electron chi connectivity index (χ3n) is 3.36. The lowest BCUT2D eigenvalue weighted by molar-refractivity contribution is -0.00828. The van der Waals surface area contributed by atoms with Crippen LogP contribution in [0.5, 0.6) is 0 Å². The Hall–Kier alpha value is -0.120. The molecule has 0 aromatic carbocycles. The molecular formula is C12H24O3. The molecule has 0 aliphatic carbocycles. The first-order valence-corrected chi connectivity index (χ1v) is 5.84. The highest BCUT2D eigenvalue weighted by molar-refractivity contribution is 4.90. The van der Waals surface area contributed by atoms with Gasteiger partial charge in [0.2, 0.25) is 0 Å². The predicted molar refractivity (Wildman–Crippen MR) is 59.8 cm³/mol. The highest BCUT2D eigenvalue weighted by Gasteiger charge is 2.42.